The average molecular weight is 397 g/mol. The fraction of sp³-hybridized carbons (Fsp3) is 0.190. The van der Waals surface area contributed by atoms with Gasteiger partial charge < -0.3 is 10.2 Å². The van der Waals surface area contributed by atoms with E-state index in [1.165, 1.54) is 11.1 Å². The Balaban J connectivity index is 1.65. The van der Waals surface area contributed by atoms with Gasteiger partial charge in [0.15, 0.2) is 0 Å². The third-order valence-corrected chi connectivity index (χ3v) is 4.54. The Bertz CT molecular complexity index is 999. The quantitative estimate of drug-likeness (QED) is 0.689. The van der Waals surface area contributed by atoms with Gasteiger partial charge in [0.1, 0.15) is 0 Å². The summed E-state index contributed by atoms with van der Waals surface area (Å²) in [6.07, 6.45) is 3.91. The van der Waals surface area contributed by atoms with Crippen LogP contribution in [0.4, 0.5) is 5.69 Å². The van der Waals surface area contributed by atoms with Gasteiger partial charge in [-0.3, -0.25) is 9.59 Å². The molecule has 1 heterocycles. The Morgan fingerprint density at radius 1 is 1.18 bits per heavy atom. The predicted molar refractivity (Wildman–Crippen MR) is 110 cm³/mol. The molecule has 0 aliphatic rings. The zero-order chi connectivity index (χ0) is 20.1. The Morgan fingerprint density at radius 3 is 2.71 bits per heavy atom. The first kappa shape index (κ1) is 19.6. The second-order valence-corrected chi connectivity index (χ2v) is 6.81. The summed E-state index contributed by atoms with van der Waals surface area (Å²) in [4.78, 5) is 26.3. The lowest BCUT2D eigenvalue weighted by Gasteiger charge is -2.17. The van der Waals surface area contributed by atoms with E-state index in [0.29, 0.717) is 10.6 Å². The number of aryl methyl sites for hydroxylation is 1. The Kier molecular flexibility index (Phi) is 6.11. The Morgan fingerprint density at radius 2 is 1.96 bits per heavy atom. The highest BCUT2D eigenvalue weighted by molar-refractivity contribution is 6.30. The van der Waals surface area contributed by atoms with Crippen LogP contribution in [0.25, 0.3) is 5.69 Å². The van der Waals surface area contributed by atoms with Gasteiger partial charge in [-0.05, 0) is 36.2 Å². The maximum Gasteiger partial charge on any atom is 0.257 e. The normalized spacial score (nSPS) is 10.5. The number of nitrogens with one attached hydrogen (secondary N) is 1. The van der Waals surface area contributed by atoms with Crippen molar-refractivity contribution in [2.45, 2.75) is 13.3 Å². The number of nitrogens with zero attached hydrogens (tertiary/aromatic N) is 3. The third kappa shape index (κ3) is 4.58. The summed E-state index contributed by atoms with van der Waals surface area (Å²) < 4.78 is 1.57. The zero-order valence-corrected chi connectivity index (χ0v) is 16.5. The monoisotopic (exact) mass is 396 g/mol. The summed E-state index contributed by atoms with van der Waals surface area (Å²) in [5, 5.41) is 7.66. The van der Waals surface area contributed by atoms with E-state index in [1.54, 1.807) is 30.1 Å². The van der Waals surface area contributed by atoms with Crippen LogP contribution in [0.15, 0.2) is 60.9 Å². The summed E-state index contributed by atoms with van der Waals surface area (Å²) in [6.45, 7) is 1.97. The van der Waals surface area contributed by atoms with Gasteiger partial charge in [0, 0.05) is 24.0 Å². The predicted octanol–water partition coefficient (Wildman–Crippen LogP) is 3.80. The van der Waals surface area contributed by atoms with Crippen molar-refractivity contribution in [2.75, 3.05) is 18.9 Å². The zero-order valence-electron chi connectivity index (χ0n) is 15.7. The number of anilines is 1. The van der Waals surface area contributed by atoms with E-state index in [-0.39, 0.29) is 18.4 Å². The molecule has 0 atom stereocenters. The number of hydrogen-bond donors (Lipinski definition) is 1. The molecule has 0 radical (unpaired) electrons. The molecule has 2 aromatic carbocycles. The van der Waals surface area contributed by atoms with E-state index in [9.17, 15) is 9.59 Å². The van der Waals surface area contributed by atoms with E-state index in [1.807, 2.05) is 43.3 Å². The number of halogens is 1. The van der Waals surface area contributed by atoms with Crippen molar-refractivity contribution in [1.29, 1.82) is 0 Å². The number of hydrogen-bond acceptors (Lipinski definition) is 3. The average Bonchev–Trinajstić information content (AvgIpc) is 3.18. The van der Waals surface area contributed by atoms with Crippen molar-refractivity contribution in [2.24, 2.45) is 0 Å². The fourth-order valence-electron chi connectivity index (χ4n) is 2.84. The molecule has 28 heavy (non-hydrogen) atoms. The molecular formula is C21H21ClN4O2. The second-order valence-electron chi connectivity index (χ2n) is 6.37. The topological polar surface area (TPSA) is 67.2 Å². The number of carbonyl (C=O) groups is 2. The summed E-state index contributed by atoms with van der Waals surface area (Å²) in [7, 11) is 1.59. The van der Waals surface area contributed by atoms with E-state index >= 15 is 0 Å². The molecule has 3 rings (SSSR count). The number of likely N-dealkylation sites (N-methyl/N-ethyl adjacent to an activating group) is 1. The van der Waals surface area contributed by atoms with Crippen molar-refractivity contribution in [1.82, 2.24) is 14.7 Å². The Hall–Kier alpha value is -3.12. The first-order chi connectivity index (χ1) is 13.5. The molecule has 0 unspecified atom stereocenters. The first-order valence-electron chi connectivity index (χ1n) is 8.91. The van der Waals surface area contributed by atoms with Crippen molar-refractivity contribution in [3.8, 4) is 5.69 Å². The number of aromatic nitrogens is 2. The Labute approximate surface area is 168 Å². The third-order valence-electron chi connectivity index (χ3n) is 4.30. The van der Waals surface area contributed by atoms with Gasteiger partial charge in [0.25, 0.3) is 5.91 Å². The van der Waals surface area contributed by atoms with E-state index in [0.717, 1.165) is 23.4 Å². The van der Waals surface area contributed by atoms with Gasteiger partial charge in [-0.25, -0.2) is 4.68 Å². The highest BCUT2D eigenvalue weighted by atomic mass is 35.5. The molecule has 0 aliphatic heterocycles. The highest BCUT2D eigenvalue weighted by Crippen LogP contribution is 2.16. The van der Waals surface area contributed by atoms with Crippen LogP contribution in [0.5, 0.6) is 0 Å². The van der Waals surface area contributed by atoms with Gasteiger partial charge >= 0.3 is 0 Å². The van der Waals surface area contributed by atoms with Crippen LogP contribution in [0.2, 0.25) is 5.02 Å². The maximum absolute atomic E-state index is 12.6. The minimum absolute atomic E-state index is 0.0563. The summed E-state index contributed by atoms with van der Waals surface area (Å²) >= 11 is 6.00. The number of carbonyl (C=O) groups excluding carboxylic acids is 2. The lowest BCUT2D eigenvalue weighted by molar-refractivity contribution is -0.116. The smallest absolute Gasteiger partial charge is 0.257 e. The van der Waals surface area contributed by atoms with Crippen molar-refractivity contribution in [3.63, 3.8) is 0 Å². The van der Waals surface area contributed by atoms with E-state index < -0.39 is 0 Å². The van der Waals surface area contributed by atoms with Crippen LogP contribution in [-0.2, 0) is 11.2 Å². The van der Waals surface area contributed by atoms with Gasteiger partial charge in [-0.1, -0.05) is 42.8 Å². The van der Waals surface area contributed by atoms with Crippen LogP contribution in [0.3, 0.4) is 0 Å². The number of rotatable bonds is 6. The molecule has 144 valence electrons. The molecule has 3 aromatic rings. The van der Waals surface area contributed by atoms with Crippen LogP contribution >= 0.6 is 11.6 Å². The van der Waals surface area contributed by atoms with E-state index in [4.69, 9.17) is 11.6 Å². The molecule has 1 N–H and O–H groups in total. The fourth-order valence-corrected chi connectivity index (χ4v) is 3.03. The van der Waals surface area contributed by atoms with Crippen molar-refractivity contribution >= 4 is 29.1 Å². The SMILES string of the molecule is CCc1ccccc1NC(=O)CN(C)C(=O)c1cnn(-c2cccc(Cl)c2)c1. The summed E-state index contributed by atoms with van der Waals surface area (Å²) in [5.74, 6) is -0.536. The molecule has 0 saturated heterocycles. The van der Waals surface area contributed by atoms with Crippen LogP contribution in [-0.4, -0.2) is 40.1 Å². The van der Waals surface area contributed by atoms with E-state index in [2.05, 4.69) is 10.4 Å². The van der Waals surface area contributed by atoms with Crippen LogP contribution in [0.1, 0.15) is 22.8 Å². The van der Waals surface area contributed by atoms with Gasteiger partial charge in [0.05, 0.1) is 24.0 Å². The molecule has 2 amide bonds. The number of benzene rings is 2. The second kappa shape index (κ2) is 8.71. The minimum Gasteiger partial charge on any atom is -0.332 e. The molecule has 0 saturated carbocycles. The van der Waals surface area contributed by atoms with Gasteiger partial charge in [0.2, 0.25) is 5.91 Å². The maximum atomic E-state index is 12.6. The summed E-state index contributed by atoms with van der Waals surface area (Å²) in [6, 6.07) is 14.8. The molecule has 0 aliphatic carbocycles. The van der Waals surface area contributed by atoms with Crippen molar-refractivity contribution in [3.05, 3.63) is 77.1 Å². The lowest BCUT2D eigenvalue weighted by Crippen LogP contribution is -2.34. The van der Waals surface area contributed by atoms with Crippen LogP contribution < -0.4 is 5.32 Å². The van der Waals surface area contributed by atoms with Crippen molar-refractivity contribution < 1.29 is 9.59 Å². The molecule has 0 fully saturated rings. The molecule has 6 nitrogen and oxygen atoms in total. The highest BCUT2D eigenvalue weighted by Gasteiger charge is 2.17. The number of amides is 2. The standard InChI is InChI=1S/C21H21ClN4O2/c1-3-15-7-4-5-10-19(15)24-20(27)14-25(2)21(28)16-12-23-26(13-16)18-9-6-8-17(22)11-18/h4-13H,3,14H2,1-2H3,(H,24,27). The first-order valence-corrected chi connectivity index (χ1v) is 9.29. The molecule has 1 aromatic heterocycles. The minimum atomic E-state index is -0.285. The largest absolute Gasteiger partial charge is 0.332 e. The summed E-state index contributed by atoms with van der Waals surface area (Å²) in [5.41, 5.74) is 2.96. The number of para-hydroxylation sites is 1. The lowest BCUT2D eigenvalue weighted by atomic mass is 10.1. The van der Waals surface area contributed by atoms with Gasteiger partial charge in [-0.15, -0.1) is 0 Å². The molecular weight excluding hydrogens is 376 g/mol. The molecule has 0 spiro atoms. The molecule has 7 heteroatoms. The van der Waals surface area contributed by atoms with Gasteiger partial charge in [-0.2, -0.15) is 5.10 Å². The molecule has 0 bridgehead atoms. The van der Waals surface area contributed by atoms with Crippen LogP contribution in [0, 0.1) is 0 Å².